The number of hydrogen-bond acceptors (Lipinski definition) is 5. The molecule has 5 heteroatoms. The van der Waals surface area contributed by atoms with Crippen LogP contribution in [0.3, 0.4) is 0 Å². The van der Waals surface area contributed by atoms with Crippen molar-refractivity contribution in [2.45, 2.75) is 45.3 Å². The summed E-state index contributed by atoms with van der Waals surface area (Å²) in [6.45, 7) is 5.54. The molecule has 0 amide bonds. The molecule has 1 heterocycles. The normalized spacial score (nSPS) is 42.0. The van der Waals surface area contributed by atoms with Crippen LogP contribution >= 0.6 is 0 Å². The van der Waals surface area contributed by atoms with E-state index in [1.54, 1.807) is 0 Å². The van der Waals surface area contributed by atoms with Gasteiger partial charge in [-0.2, -0.15) is 0 Å². The Morgan fingerprint density at radius 3 is 2.58 bits per heavy atom. The fraction of sp³-hybridized carbons (Fsp3) is 0.789. The van der Waals surface area contributed by atoms with Crippen LogP contribution in [0.5, 0.6) is 0 Å². The molecule has 0 aromatic rings. The summed E-state index contributed by atoms with van der Waals surface area (Å²) >= 11 is 0. The zero-order valence-corrected chi connectivity index (χ0v) is 14.7. The number of ketones is 1. The Labute approximate surface area is 142 Å². The van der Waals surface area contributed by atoms with Gasteiger partial charge in [-0.25, -0.2) is 0 Å². The van der Waals surface area contributed by atoms with Crippen molar-refractivity contribution >= 4 is 11.8 Å². The van der Waals surface area contributed by atoms with E-state index in [0.29, 0.717) is 38.9 Å². The lowest BCUT2D eigenvalue weighted by atomic mass is 9.72. The van der Waals surface area contributed by atoms with Crippen molar-refractivity contribution in [1.82, 2.24) is 0 Å². The molecule has 5 nitrogen and oxygen atoms in total. The Kier molecular flexibility index (Phi) is 3.49. The molecule has 0 aromatic heterocycles. The molecule has 2 saturated carbocycles. The molecule has 0 radical (unpaired) electrons. The highest BCUT2D eigenvalue weighted by Gasteiger charge is 2.70. The number of ether oxygens (including phenoxy) is 3. The van der Waals surface area contributed by atoms with E-state index in [-0.39, 0.29) is 34.9 Å². The van der Waals surface area contributed by atoms with E-state index in [1.165, 1.54) is 7.11 Å². The van der Waals surface area contributed by atoms with Crippen LogP contribution in [0.4, 0.5) is 0 Å². The summed E-state index contributed by atoms with van der Waals surface area (Å²) in [7, 11) is 1.38. The summed E-state index contributed by atoms with van der Waals surface area (Å²) in [4.78, 5) is 25.8. The van der Waals surface area contributed by atoms with Gasteiger partial charge in [0.15, 0.2) is 11.6 Å². The van der Waals surface area contributed by atoms with Crippen molar-refractivity contribution in [3.63, 3.8) is 0 Å². The van der Waals surface area contributed by atoms with Gasteiger partial charge in [-0.1, -0.05) is 26.0 Å². The standard InChI is InChI=1S/C19H26O5/c1-17(2)10-23-18(24-11-17)8-13-12-6-4-5-7-19(15(12)20,14(13)9-18)16(21)22-3/h4-5,12-14H,6-11H2,1-3H3/t12-,13-,14-,19-/m1/s1. The maximum atomic E-state index is 13.1. The highest BCUT2D eigenvalue weighted by Crippen LogP contribution is 2.63. The van der Waals surface area contributed by atoms with Crippen LogP contribution in [0.1, 0.15) is 39.5 Å². The molecule has 132 valence electrons. The zero-order valence-electron chi connectivity index (χ0n) is 14.7. The van der Waals surface area contributed by atoms with Crippen molar-refractivity contribution in [2.75, 3.05) is 20.3 Å². The molecule has 1 spiro atoms. The van der Waals surface area contributed by atoms with E-state index in [4.69, 9.17) is 14.2 Å². The fourth-order valence-corrected chi connectivity index (χ4v) is 5.28. The zero-order chi connectivity index (χ0) is 17.2. The number of rotatable bonds is 1. The van der Waals surface area contributed by atoms with Gasteiger partial charge in [-0.05, 0) is 24.7 Å². The SMILES string of the molecule is COC(=O)[C@@]12CC=CC[C@@H](C1=O)[C@H]1CC3(C[C@H]12)OCC(C)(C)CO3. The average molecular weight is 334 g/mol. The van der Waals surface area contributed by atoms with Gasteiger partial charge in [0, 0.05) is 24.2 Å². The van der Waals surface area contributed by atoms with Gasteiger partial charge >= 0.3 is 5.97 Å². The van der Waals surface area contributed by atoms with Crippen molar-refractivity contribution in [1.29, 1.82) is 0 Å². The number of Topliss-reactive ketones (excluding diaryl/α,β-unsaturated/α-hetero) is 1. The molecule has 0 N–H and O–H groups in total. The molecule has 4 rings (SSSR count). The number of methoxy groups -OCH3 is 1. The van der Waals surface area contributed by atoms with Gasteiger partial charge in [-0.3, -0.25) is 9.59 Å². The molecule has 0 unspecified atom stereocenters. The van der Waals surface area contributed by atoms with E-state index in [0.717, 1.165) is 0 Å². The fourth-order valence-electron chi connectivity index (χ4n) is 5.28. The second kappa shape index (κ2) is 5.15. The monoisotopic (exact) mass is 334 g/mol. The Bertz CT molecular complexity index is 597. The lowest BCUT2D eigenvalue weighted by molar-refractivity contribution is -0.298. The first-order valence-electron chi connectivity index (χ1n) is 8.89. The van der Waals surface area contributed by atoms with Crippen molar-refractivity contribution in [3.8, 4) is 0 Å². The smallest absolute Gasteiger partial charge is 0.319 e. The minimum absolute atomic E-state index is 0.00706. The Balaban J connectivity index is 1.68. The number of fused-ring (bicyclic) bond motifs is 5. The number of hydrogen-bond donors (Lipinski definition) is 0. The number of allylic oxidation sites excluding steroid dienone is 2. The highest BCUT2D eigenvalue weighted by atomic mass is 16.7. The molecule has 4 aliphatic rings. The van der Waals surface area contributed by atoms with Crippen LogP contribution in [0, 0.1) is 28.6 Å². The van der Waals surface area contributed by atoms with Crippen LogP contribution in [-0.4, -0.2) is 37.9 Å². The molecule has 3 fully saturated rings. The first-order chi connectivity index (χ1) is 11.3. The van der Waals surface area contributed by atoms with Crippen LogP contribution in [0.25, 0.3) is 0 Å². The van der Waals surface area contributed by atoms with E-state index >= 15 is 0 Å². The first kappa shape index (κ1) is 16.3. The molecule has 2 bridgehead atoms. The van der Waals surface area contributed by atoms with Gasteiger partial charge in [0.2, 0.25) is 0 Å². The largest absolute Gasteiger partial charge is 0.468 e. The Morgan fingerprint density at radius 1 is 1.21 bits per heavy atom. The van der Waals surface area contributed by atoms with Crippen LogP contribution in [0.2, 0.25) is 0 Å². The molecule has 4 atom stereocenters. The molecule has 3 aliphatic carbocycles. The van der Waals surface area contributed by atoms with Crippen molar-refractivity contribution in [3.05, 3.63) is 12.2 Å². The van der Waals surface area contributed by atoms with E-state index in [1.807, 2.05) is 12.2 Å². The predicted molar refractivity (Wildman–Crippen MR) is 86.0 cm³/mol. The average Bonchev–Trinajstić information content (AvgIpc) is 2.92. The third-order valence-corrected chi connectivity index (χ3v) is 6.52. The summed E-state index contributed by atoms with van der Waals surface area (Å²) < 4.78 is 17.4. The minimum atomic E-state index is -1.04. The van der Waals surface area contributed by atoms with E-state index < -0.39 is 11.2 Å². The molecule has 24 heavy (non-hydrogen) atoms. The topological polar surface area (TPSA) is 61.8 Å². The second-order valence-electron chi connectivity index (χ2n) is 8.68. The molecule has 0 aromatic carbocycles. The van der Waals surface area contributed by atoms with Crippen molar-refractivity contribution in [2.24, 2.45) is 28.6 Å². The third-order valence-electron chi connectivity index (χ3n) is 6.52. The molecular formula is C19H26O5. The Morgan fingerprint density at radius 2 is 1.92 bits per heavy atom. The predicted octanol–water partition coefficient (Wildman–Crippen LogP) is 2.49. The maximum Gasteiger partial charge on any atom is 0.319 e. The highest BCUT2D eigenvalue weighted by molar-refractivity contribution is 6.07. The molecular weight excluding hydrogens is 308 g/mol. The summed E-state index contributed by atoms with van der Waals surface area (Å²) in [5.41, 5.74) is -1.03. The first-order valence-corrected chi connectivity index (χ1v) is 8.89. The third kappa shape index (κ3) is 2.07. The summed E-state index contributed by atoms with van der Waals surface area (Å²) in [6.07, 6.45) is 6.48. The summed E-state index contributed by atoms with van der Waals surface area (Å²) in [6, 6.07) is 0. The lowest BCUT2D eigenvalue weighted by Gasteiger charge is -2.42. The van der Waals surface area contributed by atoms with Crippen LogP contribution in [-0.2, 0) is 23.8 Å². The van der Waals surface area contributed by atoms with Gasteiger partial charge in [0.05, 0.1) is 20.3 Å². The minimum Gasteiger partial charge on any atom is -0.468 e. The number of carbonyl (C=O) groups is 2. The summed E-state index contributed by atoms with van der Waals surface area (Å²) in [5, 5.41) is 0. The lowest BCUT2D eigenvalue weighted by Crippen LogP contribution is -2.48. The number of carbonyl (C=O) groups excluding carboxylic acids is 2. The van der Waals surface area contributed by atoms with Gasteiger partial charge in [0.25, 0.3) is 0 Å². The second-order valence-corrected chi connectivity index (χ2v) is 8.68. The molecule has 1 aliphatic heterocycles. The van der Waals surface area contributed by atoms with Gasteiger partial charge < -0.3 is 14.2 Å². The maximum absolute atomic E-state index is 13.1. The van der Waals surface area contributed by atoms with Crippen LogP contribution < -0.4 is 0 Å². The quantitative estimate of drug-likeness (QED) is 0.419. The van der Waals surface area contributed by atoms with Crippen LogP contribution in [0.15, 0.2) is 12.2 Å². The Hall–Kier alpha value is -1.20. The number of esters is 1. The molecule has 1 saturated heterocycles. The van der Waals surface area contributed by atoms with E-state index in [9.17, 15) is 9.59 Å². The van der Waals surface area contributed by atoms with Gasteiger partial charge in [-0.15, -0.1) is 0 Å². The van der Waals surface area contributed by atoms with Gasteiger partial charge in [0.1, 0.15) is 5.41 Å². The van der Waals surface area contributed by atoms with Crippen molar-refractivity contribution < 1.29 is 23.8 Å². The summed E-state index contributed by atoms with van der Waals surface area (Å²) in [5.74, 6) is -0.969. The van der Waals surface area contributed by atoms with E-state index in [2.05, 4.69) is 13.8 Å².